The lowest BCUT2D eigenvalue weighted by atomic mass is 9.94. The zero-order valence-corrected chi connectivity index (χ0v) is 18.0. The largest absolute Gasteiger partial charge is 0.466 e. The molecule has 28 heavy (non-hydrogen) atoms. The molecule has 6 nitrogen and oxygen atoms in total. The van der Waals surface area contributed by atoms with E-state index in [0.29, 0.717) is 11.1 Å². The average Bonchev–Trinajstić information content (AvgIpc) is 3.53. The van der Waals surface area contributed by atoms with Gasteiger partial charge in [-0.15, -0.1) is 0 Å². The van der Waals surface area contributed by atoms with E-state index in [-0.39, 0.29) is 35.3 Å². The molecule has 2 heterocycles. The van der Waals surface area contributed by atoms with E-state index in [9.17, 15) is 9.59 Å². The predicted octanol–water partition coefficient (Wildman–Crippen LogP) is 3.88. The maximum atomic E-state index is 11.4. The summed E-state index contributed by atoms with van der Waals surface area (Å²) in [6, 6.07) is 0. The van der Waals surface area contributed by atoms with Crippen molar-refractivity contribution in [2.45, 2.75) is 89.6 Å². The van der Waals surface area contributed by atoms with Crippen LogP contribution in [-0.2, 0) is 28.5 Å². The SMILES string of the molecule is COC(=O)/C(C)=C/CC[C@]1(C)O[C@H]1CC[C@@H]1O[C@@]1(C)CC/C=C(\C)C(=O)OC. The molecule has 2 saturated heterocycles. The van der Waals surface area contributed by atoms with Gasteiger partial charge in [0.1, 0.15) is 0 Å². The molecule has 6 heteroatoms. The van der Waals surface area contributed by atoms with Crippen LogP contribution in [0, 0.1) is 0 Å². The van der Waals surface area contributed by atoms with Crippen LogP contribution in [0.25, 0.3) is 0 Å². The molecule has 0 amide bonds. The topological polar surface area (TPSA) is 77.7 Å². The minimum absolute atomic E-state index is 0.0987. The third kappa shape index (κ3) is 5.92. The minimum Gasteiger partial charge on any atom is -0.466 e. The first-order valence-corrected chi connectivity index (χ1v) is 10.0. The van der Waals surface area contributed by atoms with Crippen molar-refractivity contribution in [2.75, 3.05) is 14.2 Å². The van der Waals surface area contributed by atoms with Crippen LogP contribution >= 0.6 is 0 Å². The van der Waals surface area contributed by atoms with Crippen molar-refractivity contribution >= 4 is 11.9 Å². The van der Waals surface area contributed by atoms with Crippen molar-refractivity contribution in [1.82, 2.24) is 0 Å². The van der Waals surface area contributed by atoms with Crippen molar-refractivity contribution in [3.05, 3.63) is 23.3 Å². The molecule has 0 aromatic rings. The van der Waals surface area contributed by atoms with Crippen molar-refractivity contribution in [1.29, 1.82) is 0 Å². The molecule has 0 N–H and O–H groups in total. The van der Waals surface area contributed by atoms with Gasteiger partial charge in [0.15, 0.2) is 0 Å². The first-order chi connectivity index (χ1) is 13.1. The molecule has 2 fully saturated rings. The fourth-order valence-electron chi connectivity index (χ4n) is 3.69. The maximum Gasteiger partial charge on any atom is 0.333 e. The quantitative estimate of drug-likeness (QED) is 0.301. The lowest BCUT2D eigenvalue weighted by molar-refractivity contribution is -0.136. The van der Waals surface area contributed by atoms with Crippen LogP contribution < -0.4 is 0 Å². The molecule has 4 atom stereocenters. The standard InChI is InChI=1S/C22H34O6/c1-15(19(23)25-5)9-7-13-21(3)17(27-21)11-12-18-22(4,28-18)14-8-10-16(2)20(24)26-6/h9-10,17-18H,7-8,11-14H2,1-6H3/b15-9+,16-10+/t17-,18-,21-,22-/m0/s1. The van der Waals surface area contributed by atoms with Gasteiger partial charge in [0.05, 0.1) is 37.6 Å². The van der Waals surface area contributed by atoms with Gasteiger partial charge in [0.2, 0.25) is 0 Å². The van der Waals surface area contributed by atoms with E-state index in [0.717, 1.165) is 38.5 Å². The van der Waals surface area contributed by atoms with Gasteiger partial charge >= 0.3 is 11.9 Å². The van der Waals surface area contributed by atoms with Crippen LogP contribution in [0.4, 0.5) is 0 Å². The Morgan fingerprint density at radius 3 is 1.50 bits per heavy atom. The van der Waals surface area contributed by atoms with E-state index in [1.165, 1.54) is 14.2 Å². The smallest absolute Gasteiger partial charge is 0.333 e. The number of methoxy groups -OCH3 is 2. The third-order valence-electron chi connectivity index (χ3n) is 5.96. The fraction of sp³-hybridized carbons (Fsp3) is 0.727. The van der Waals surface area contributed by atoms with Gasteiger partial charge in [0, 0.05) is 11.1 Å². The maximum absolute atomic E-state index is 11.4. The summed E-state index contributed by atoms with van der Waals surface area (Å²) in [6.45, 7) is 7.80. The van der Waals surface area contributed by atoms with Crippen LogP contribution in [0.15, 0.2) is 23.3 Å². The number of hydrogen-bond acceptors (Lipinski definition) is 6. The van der Waals surface area contributed by atoms with Gasteiger partial charge in [-0.2, -0.15) is 0 Å². The van der Waals surface area contributed by atoms with E-state index >= 15 is 0 Å². The molecule has 0 saturated carbocycles. The van der Waals surface area contributed by atoms with Crippen LogP contribution in [-0.4, -0.2) is 49.6 Å². The summed E-state index contributed by atoms with van der Waals surface area (Å²) in [7, 11) is 2.79. The highest BCUT2D eigenvalue weighted by molar-refractivity contribution is 5.87. The molecule has 158 valence electrons. The summed E-state index contributed by atoms with van der Waals surface area (Å²) in [4.78, 5) is 22.8. The Kier molecular flexibility index (Phi) is 7.46. The van der Waals surface area contributed by atoms with Gasteiger partial charge < -0.3 is 18.9 Å². The molecule has 2 aliphatic heterocycles. The summed E-state index contributed by atoms with van der Waals surface area (Å²) >= 11 is 0. The molecule has 0 bridgehead atoms. The number of rotatable bonds is 11. The number of ether oxygens (including phenoxy) is 4. The number of allylic oxidation sites excluding steroid dienone is 2. The zero-order chi connectivity index (χ0) is 20.9. The second kappa shape index (κ2) is 9.23. The fourth-order valence-corrected chi connectivity index (χ4v) is 3.69. The summed E-state index contributed by atoms with van der Waals surface area (Å²) in [6.07, 6.45) is 9.71. The summed E-state index contributed by atoms with van der Waals surface area (Å²) in [5.74, 6) is -0.555. The van der Waals surface area contributed by atoms with Gasteiger partial charge in [-0.3, -0.25) is 0 Å². The molecule has 0 radical (unpaired) electrons. The summed E-state index contributed by atoms with van der Waals surface area (Å²) in [5.41, 5.74) is 1.08. The Bertz CT molecular complexity index is 595. The Hall–Kier alpha value is -1.66. The summed E-state index contributed by atoms with van der Waals surface area (Å²) in [5, 5.41) is 0. The Morgan fingerprint density at radius 2 is 1.18 bits per heavy atom. The Morgan fingerprint density at radius 1 is 0.821 bits per heavy atom. The Balaban J connectivity index is 1.65. The van der Waals surface area contributed by atoms with Gasteiger partial charge in [0.25, 0.3) is 0 Å². The molecule has 0 aliphatic carbocycles. The molecule has 0 unspecified atom stereocenters. The highest BCUT2D eigenvalue weighted by atomic mass is 16.6. The van der Waals surface area contributed by atoms with Crippen molar-refractivity contribution in [3.8, 4) is 0 Å². The highest BCUT2D eigenvalue weighted by Gasteiger charge is 2.55. The van der Waals surface area contributed by atoms with E-state index in [1.807, 2.05) is 12.2 Å². The Labute approximate surface area is 168 Å². The molecule has 0 aromatic carbocycles. The predicted molar refractivity (Wildman–Crippen MR) is 106 cm³/mol. The normalized spacial score (nSPS) is 32.1. The van der Waals surface area contributed by atoms with E-state index in [1.54, 1.807) is 13.8 Å². The van der Waals surface area contributed by atoms with Gasteiger partial charge in [-0.1, -0.05) is 12.2 Å². The van der Waals surface area contributed by atoms with Gasteiger partial charge in [-0.05, 0) is 66.2 Å². The number of esters is 2. The molecular weight excluding hydrogens is 360 g/mol. The number of epoxide rings is 2. The number of carbonyl (C=O) groups excluding carboxylic acids is 2. The third-order valence-corrected chi connectivity index (χ3v) is 5.96. The first-order valence-electron chi connectivity index (χ1n) is 10.0. The monoisotopic (exact) mass is 394 g/mol. The van der Waals surface area contributed by atoms with E-state index in [2.05, 4.69) is 13.8 Å². The van der Waals surface area contributed by atoms with Crippen molar-refractivity contribution < 1.29 is 28.5 Å². The van der Waals surface area contributed by atoms with Crippen LogP contribution in [0.2, 0.25) is 0 Å². The summed E-state index contributed by atoms with van der Waals surface area (Å²) < 4.78 is 21.2. The highest BCUT2D eigenvalue weighted by Crippen LogP contribution is 2.48. The molecule has 2 rings (SSSR count). The average molecular weight is 395 g/mol. The molecule has 2 aliphatic rings. The van der Waals surface area contributed by atoms with E-state index < -0.39 is 0 Å². The first kappa shape index (κ1) is 22.6. The number of hydrogen-bond donors (Lipinski definition) is 0. The van der Waals surface area contributed by atoms with Crippen molar-refractivity contribution in [2.24, 2.45) is 0 Å². The molecule has 0 aromatic heterocycles. The van der Waals surface area contributed by atoms with Gasteiger partial charge in [-0.25, -0.2) is 9.59 Å². The van der Waals surface area contributed by atoms with Crippen LogP contribution in [0.1, 0.15) is 66.2 Å². The minimum atomic E-state index is -0.278. The van der Waals surface area contributed by atoms with Crippen LogP contribution in [0.3, 0.4) is 0 Å². The molecule has 0 spiro atoms. The second-order valence-corrected chi connectivity index (χ2v) is 8.25. The molecular formula is C22H34O6. The zero-order valence-electron chi connectivity index (χ0n) is 18.0. The van der Waals surface area contributed by atoms with Crippen LogP contribution in [0.5, 0.6) is 0 Å². The van der Waals surface area contributed by atoms with E-state index in [4.69, 9.17) is 18.9 Å². The second-order valence-electron chi connectivity index (χ2n) is 8.25. The lowest BCUT2D eigenvalue weighted by Crippen LogP contribution is -2.13. The lowest BCUT2D eigenvalue weighted by Gasteiger charge is -2.06. The van der Waals surface area contributed by atoms with Crippen molar-refractivity contribution in [3.63, 3.8) is 0 Å². The number of carbonyl (C=O) groups is 2.